The molecular formula is C23H25N3OS. The molecule has 0 N–H and O–H groups in total. The van der Waals surface area contributed by atoms with Gasteiger partial charge in [-0.2, -0.15) is 11.8 Å². The van der Waals surface area contributed by atoms with Gasteiger partial charge in [-0.3, -0.25) is 14.8 Å². The average Bonchev–Trinajstić information content (AvgIpc) is 3.31. The van der Waals surface area contributed by atoms with Crippen LogP contribution in [0.3, 0.4) is 0 Å². The fraction of sp³-hybridized carbons (Fsp3) is 0.435. The van der Waals surface area contributed by atoms with Crippen LogP contribution in [0.15, 0.2) is 35.5 Å². The topological polar surface area (TPSA) is 45.6 Å². The molecule has 3 heterocycles. The highest BCUT2D eigenvalue weighted by Crippen LogP contribution is 2.47. The van der Waals surface area contributed by atoms with Gasteiger partial charge in [-0.15, -0.1) is 0 Å². The van der Waals surface area contributed by atoms with Crippen LogP contribution in [0.4, 0.5) is 5.69 Å². The molecule has 28 heavy (non-hydrogen) atoms. The fourth-order valence-corrected chi connectivity index (χ4v) is 5.23. The molecule has 0 spiro atoms. The van der Waals surface area contributed by atoms with E-state index >= 15 is 0 Å². The van der Waals surface area contributed by atoms with Crippen LogP contribution in [-0.2, 0) is 10.2 Å². The van der Waals surface area contributed by atoms with Gasteiger partial charge in [0.1, 0.15) is 0 Å². The van der Waals surface area contributed by atoms with Crippen molar-refractivity contribution in [3.63, 3.8) is 0 Å². The standard InChI is InChI=1S/C23H25N3OS/c1-13-18-7-15(10-25-21(13)18)14-5-6-19-20(8-14)26(22(27)23(19,2)3)16-9-17(28-4)12-24-11-16/h5-8,10,12-13,16-17H,9,11H2,1-4H3/t13-,16?,17?/m1/s1. The van der Waals surface area contributed by atoms with Crippen molar-refractivity contribution in [3.8, 4) is 11.1 Å². The Morgan fingerprint density at radius 2 is 2.04 bits per heavy atom. The Hall–Kier alpha value is -2.14. The number of amides is 1. The third-order valence-corrected chi connectivity index (χ3v) is 7.44. The van der Waals surface area contributed by atoms with E-state index in [2.05, 4.69) is 47.4 Å². The zero-order valence-corrected chi connectivity index (χ0v) is 17.6. The van der Waals surface area contributed by atoms with Crippen molar-refractivity contribution in [3.05, 3.63) is 47.3 Å². The molecule has 144 valence electrons. The van der Waals surface area contributed by atoms with Crippen molar-refractivity contribution in [2.75, 3.05) is 17.7 Å². The van der Waals surface area contributed by atoms with Gasteiger partial charge in [-0.1, -0.05) is 19.1 Å². The van der Waals surface area contributed by atoms with Gasteiger partial charge in [0.05, 0.1) is 23.7 Å². The van der Waals surface area contributed by atoms with Crippen LogP contribution < -0.4 is 4.90 Å². The van der Waals surface area contributed by atoms with Crippen LogP contribution in [-0.4, -0.2) is 41.2 Å². The van der Waals surface area contributed by atoms with Gasteiger partial charge in [0.15, 0.2) is 0 Å². The predicted molar refractivity (Wildman–Crippen MR) is 117 cm³/mol. The zero-order valence-electron chi connectivity index (χ0n) is 16.8. The maximum absolute atomic E-state index is 13.4. The smallest absolute Gasteiger partial charge is 0.237 e. The molecule has 0 fully saturated rings. The SMILES string of the molecule is CSC1C=NCC(N2C(=O)C(C)(C)c3ccc(-c4cnc5c(c4)[C@H]5C)cc32)C1. The molecule has 5 rings (SSSR count). The minimum atomic E-state index is -0.500. The molecule has 1 aliphatic carbocycles. The number of hydrogen-bond donors (Lipinski definition) is 0. The molecule has 4 nitrogen and oxygen atoms in total. The van der Waals surface area contributed by atoms with E-state index in [1.54, 1.807) is 11.8 Å². The van der Waals surface area contributed by atoms with Crippen molar-refractivity contribution >= 4 is 29.6 Å². The lowest BCUT2D eigenvalue weighted by molar-refractivity contribution is -0.122. The summed E-state index contributed by atoms with van der Waals surface area (Å²) in [5.74, 6) is 0.678. The molecule has 1 aromatic heterocycles. The highest BCUT2D eigenvalue weighted by Gasteiger charge is 2.47. The van der Waals surface area contributed by atoms with Crippen LogP contribution in [0, 0.1) is 0 Å². The lowest BCUT2D eigenvalue weighted by Gasteiger charge is -2.32. The number of thioether (sulfide) groups is 1. The number of benzene rings is 1. The highest BCUT2D eigenvalue weighted by atomic mass is 32.2. The van der Waals surface area contributed by atoms with Gasteiger partial charge in [0.2, 0.25) is 5.91 Å². The monoisotopic (exact) mass is 391 g/mol. The van der Waals surface area contributed by atoms with E-state index in [4.69, 9.17) is 0 Å². The van der Waals surface area contributed by atoms with Crippen LogP contribution in [0.25, 0.3) is 11.1 Å². The Morgan fingerprint density at radius 1 is 1.21 bits per heavy atom. The molecular weight excluding hydrogens is 366 g/mol. The van der Waals surface area contributed by atoms with Gasteiger partial charge in [-0.25, -0.2) is 0 Å². The number of anilines is 1. The number of carbonyl (C=O) groups excluding carboxylic acids is 1. The lowest BCUT2D eigenvalue weighted by Crippen LogP contribution is -2.47. The summed E-state index contributed by atoms with van der Waals surface area (Å²) in [6, 6.07) is 8.82. The van der Waals surface area contributed by atoms with Gasteiger partial charge in [-0.05, 0) is 55.3 Å². The first-order chi connectivity index (χ1) is 13.4. The molecule has 0 saturated carbocycles. The van der Waals surface area contributed by atoms with E-state index in [1.807, 2.05) is 31.2 Å². The summed E-state index contributed by atoms with van der Waals surface area (Å²) in [5, 5.41) is 0.372. The van der Waals surface area contributed by atoms with Crippen LogP contribution in [0.1, 0.15) is 49.9 Å². The molecule has 5 heteroatoms. The molecule has 0 radical (unpaired) electrons. The Kier molecular flexibility index (Phi) is 3.96. The summed E-state index contributed by atoms with van der Waals surface area (Å²) in [7, 11) is 0. The second-order valence-corrected chi connectivity index (χ2v) is 9.71. The second-order valence-electron chi connectivity index (χ2n) is 8.63. The number of pyridine rings is 1. The number of carbonyl (C=O) groups is 1. The minimum Gasteiger partial charge on any atom is -0.306 e. The fourth-order valence-electron chi connectivity index (χ4n) is 4.60. The van der Waals surface area contributed by atoms with E-state index in [-0.39, 0.29) is 11.9 Å². The summed E-state index contributed by atoms with van der Waals surface area (Å²) in [6.07, 6.45) is 7.06. The first kappa shape index (κ1) is 17.9. The minimum absolute atomic E-state index is 0.123. The first-order valence-electron chi connectivity index (χ1n) is 9.93. The van der Waals surface area contributed by atoms with E-state index in [1.165, 1.54) is 11.3 Å². The summed E-state index contributed by atoms with van der Waals surface area (Å²) in [5.41, 5.74) is 6.48. The number of rotatable bonds is 3. The number of fused-ring (bicyclic) bond motifs is 2. The van der Waals surface area contributed by atoms with Crippen LogP contribution in [0.2, 0.25) is 0 Å². The molecule has 2 unspecified atom stereocenters. The maximum Gasteiger partial charge on any atom is 0.237 e. The second kappa shape index (κ2) is 6.18. The number of hydrogen-bond acceptors (Lipinski definition) is 4. The van der Waals surface area contributed by atoms with Crippen molar-refractivity contribution in [2.24, 2.45) is 4.99 Å². The summed E-state index contributed by atoms with van der Waals surface area (Å²) in [4.78, 5) is 24.6. The summed E-state index contributed by atoms with van der Waals surface area (Å²) >= 11 is 1.80. The molecule has 2 aliphatic heterocycles. The van der Waals surface area contributed by atoms with E-state index in [0.717, 1.165) is 28.8 Å². The van der Waals surface area contributed by atoms with Gasteiger partial charge < -0.3 is 4.90 Å². The van der Waals surface area contributed by atoms with Crippen molar-refractivity contribution in [1.29, 1.82) is 0 Å². The van der Waals surface area contributed by atoms with Crippen molar-refractivity contribution in [2.45, 2.75) is 49.8 Å². The largest absolute Gasteiger partial charge is 0.306 e. The Balaban J connectivity index is 1.57. The van der Waals surface area contributed by atoms with Crippen LogP contribution in [0.5, 0.6) is 0 Å². The van der Waals surface area contributed by atoms with Crippen molar-refractivity contribution in [1.82, 2.24) is 4.98 Å². The van der Waals surface area contributed by atoms with E-state index in [9.17, 15) is 4.79 Å². The van der Waals surface area contributed by atoms with Gasteiger partial charge in [0.25, 0.3) is 0 Å². The molecule has 1 amide bonds. The average molecular weight is 392 g/mol. The van der Waals surface area contributed by atoms with E-state index in [0.29, 0.717) is 17.7 Å². The first-order valence-corrected chi connectivity index (χ1v) is 11.2. The third-order valence-electron chi connectivity index (χ3n) is 6.52. The normalized spacial score (nSPS) is 26.9. The van der Waals surface area contributed by atoms with Crippen LogP contribution >= 0.6 is 11.8 Å². The highest BCUT2D eigenvalue weighted by molar-refractivity contribution is 7.99. The van der Waals surface area contributed by atoms with Gasteiger partial charge in [0, 0.05) is 34.8 Å². The molecule has 3 atom stereocenters. The summed E-state index contributed by atoms with van der Waals surface area (Å²) in [6.45, 7) is 6.95. The number of aromatic nitrogens is 1. The predicted octanol–water partition coefficient (Wildman–Crippen LogP) is 4.41. The molecule has 3 aliphatic rings. The van der Waals surface area contributed by atoms with E-state index < -0.39 is 5.41 Å². The Morgan fingerprint density at radius 3 is 2.79 bits per heavy atom. The zero-order chi connectivity index (χ0) is 19.6. The number of nitrogens with zero attached hydrogens (tertiary/aromatic N) is 3. The molecule has 0 saturated heterocycles. The summed E-state index contributed by atoms with van der Waals surface area (Å²) < 4.78 is 0. The maximum atomic E-state index is 13.4. The molecule has 1 aromatic carbocycles. The van der Waals surface area contributed by atoms with Gasteiger partial charge >= 0.3 is 0 Å². The Labute approximate surface area is 170 Å². The Bertz CT molecular complexity index is 1010. The molecule has 2 aromatic rings. The molecule has 0 bridgehead atoms. The quantitative estimate of drug-likeness (QED) is 0.778. The van der Waals surface area contributed by atoms with Crippen molar-refractivity contribution < 1.29 is 4.79 Å². The third kappa shape index (κ3) is 2.55. The number of aliphatic imine (C=N–C) groups is 1. The lowest BCUT2D eigenvalue weighted by atomic mass is 9.85.